The zero-order valence-corrected chi connectivity index (χ0v) is 6.94. The first kappa shape index (κ1) is 9.25. The van der Waals surface area contributed by atoms with Crippen LogP contribution in [0.25, 0.3) is 0 Å². The van der Waals surface area contributed by atoms with E-state index in [4.69, 9.17) is 5.11 Å². The number of carboxylic acids is 1. The molecule has 0 atom stereocenters. The van der Waals surface area contributed by atoms with Crippen molar-refractivity contribution < 1.29 is 19.8 Å². The molecule has 0 aromatic heterocycles. The van der Waals surface area contributed by atoms with E-state index in [0.29, 0.717) is 11.8 Å². The van der Waals surface area contributed by atoms with Gasteiger partial charge in [0.05, 0.1) is 11.1 Å². The van der Waals surface area contributed by atoms with Crippen molar-refractivity contribution >= 4 is 12.3 Å². The molecule has 13 heavy (non-hydrogen) atoms. The molecular weight excluding hydrogens is 172 g/mol. The lowest BCUT2D eigenvalue weighted by molar-refractivity contribution is 0.0693. The van der Waals surface area contributed by atoms with Gasteiger partial charge < -0.3 is 10.2 Å². The first-order chi connectivity index (χ1) is 6.07. The summed E-state index contributed by atoms with van der Waals surface area (Å²) in [5.41, 5.74) is 0.123. The number of hydrogen-bond donors (Lipinski definition) is 2. The zero-order valence-electron chi connectivity index (χ0n) is 6.94. The van der Waals surface area contributed by atoms with Crippen molar-refractivity contribution in [3.8, 4) is 5.75 Å². The number of carbonyl (C=O) groups excluding carboxylic acids is 1. The van der Waals surface area contributed by atoms with E-state index in [9.17, 15) is 14.7 Å². The molecule has 0 aliphatic heterocycles. The van der Waals surface area contributed by atoms with E-state index in [1.165, 1.54) is 12.1 Å². The summed E-state index contributed by atoms with van der Waals surface area (Å²) in [5, 5.41) is 18.0. The summed E-state index contributed by atoms with van der Waals surface area (Å²) in [5.74, 6) is -1.49. The van der Waals surface area contributed by atoms with Crippen LogP contribution in [-0.2, 0) is 0 Å². The predicted octanol–water partition coefficient (Wildman–Crippen LogP) is 1.21. The Balaban J connectivity index is 3.47. The molecule has 0 aliphatic carbocycles. The maximum Gasteiger partial charge on any atom is 0.336 e. The third-order valence-corrected chi connectivity index (χ3v) is 1.77. The first-order valence-electron chi connectivity index (χ1n) is 3.59. The maximum absolute atomic E-state index is 10.6. The number of carbonyl (C=O) groups is 2. The Hall–Kier alpha value is -1.84. The van der Waals surface area contributed by atoms with Gasteiger partial charge in [0.15, 0.2) is 6.29 Å². The smallest absolute Gasteiger partial charge is 0.336 e. The Morgan fingerprint density at radius 3 is 2.54 bits per heavy atom. The third kappa shape index (κ3) is 1.51. The largest absolute Gasteiger partial charge is 0.507 e. The second-order valence-electron chi connectivity index (χ2n) is 2.62. The Bertz CT molecular complexity index is 368. The maximum atomic E-state index is 10.6. The quantitative estimate of drug-likeness (QED) is 0.671. The molecule has 68 valence electrons. The van der Waals surface area contributed by atoms with Gasteiger partial charge in [-0.1, -0.05) is 6.07 Å². The highest BCUT2D eigenvalue weighted by Crippen LogP contribution is 2.23. The van der Waals surface area contributed by atoms with Crippen molar-refractivity contribution in [1.82, 2.24) is 0 Å². The van der Waals surface area contributed by atoms with Crippen LogP contribution in [0.15, 0.2) is 12.1 Å². The van der Waals surface area contributed by atoms with Crippen molar-refractivity contribution in [2.24, 2.45) is 0 Å². The van der Waals surface area contributed by atoms with Gasteiger partial charge in [0.1, 0.15) is 5.75 Å². The number of aromatic hydroxyl groups is 1. The van der Waals surface area contributed by atoms with E-state index in [0.717, 1.165) is 0 Å². The number of benzene rings is 1. The Morgan fingerprint density at radius 1 is 1.46 bits per heavy atom. The minimum absolute atomic E-state index is 0.174. The fourth-order valence-electron chi connectivity index (χ4n) is 1.02. The number of aryl methyl sites for hydroxylation is 1. The van der Waals surface area contributed by atoms with Gasteiger partial charge in [-0.15, -0.1) is 0 Å². The molecule has 0 radical (unpaired) electrons. The molecule has 0 aliphatic rings. The second kappa shape index (κ2) is 3.26. The van der Waals surface area contributed by atoms with E-state index >= 15 is 0 Å². The van der Waals surface area contributed by atoms with Crippen molar-refractivity contribution in [2.75, 3.05) is 0 Å². The lowest BCUT2D eigenvalue weighted by atomic mass is 10.0. The van der Waals surface area contributed by atoms with Crippen LogP contribution in [0.4, 0.5) is 0 Å². The van der Waals surface area contributed by atoms with Crippen molar-refractivity contribution in [3.05, 3.63) is 28.8 Å². The molecule has 1 aromatic rings. The highest BCUT2D eigenvalue weighted by Gasteiger charge is 2.14. The SMILES string of the molecule is Cc1ccc(C(=O)O)c(C=O)c1O. The highest BCUT2D eigenvalue weighted by atomic mass is 16.4. The molecule has 0 spiro atoms. The Kier molecular flexibility index (Phi) is 2.32. The number of carboxylic acid groups (broad SMARTS) is 1. The van der Waals surface area contributed by atoms with Crippen LogP contribution in [0.3, 0.4) is 0 Å². The standard InChI is InChI=1S/C9H8O4/c1-5-2-3-6(9(12)13)7(4-10)8(5)11/h2-4,11H,1H3,(H,12,13). The summed E-state index contributed by atoms with van der Waals surface area (Å²) >= 11 is 0. The monoisotopic (exact) mass is 180 g/mol. The molecule has 0 fully saturated rings. The summed E-state index contributed by atoms with van der Waals surface area (Å²) in [7, 11) is 0. The van der Waals surface area contributed by atoms with Gasteiger partial charge in [0, 0.05) is 0 Å². The average Bonchev–Trinajstić information content (AvgIpc) is 2.09. The molecule has 4 nitrogen and oxygen atoms in total. The van der Waals surface area contributed by atoms with Gasteiger partial charge in [-0.3, -0.25) is 4.79 Å². The lowest BCUT2D eigenvalue weighted by Gasteiger charge is -2.04. The number of phenolic OH excluding ortho intramolecular Hbond substituents is 1. The van der Waals surface area contributed by atoms with Gasteiger partial charge in [-0.2, -0.15) is 0 Å². The normalized spacial score (nSPS) is 9.62. The lowest BCUT2D eigenvalue weighted by Crippen LogP contribution is -2.02. The number of aldehydes is 1. The number of rotatable bonds is 2. The summed E-state index contributed by atoms with van der Waals surface area (Å²) in [4.78, 5) is 21.1. The molecule has 2 N–H and O–H groups in total. The van der Waals surface area contributed by atoms with Crippen LogP contribution < -0.4 is 0 Å². The fraction of sp³-hybridized carbons (Fsp3) is 0.111. The van der Waals surface area contributed by atoms with E-state index < -0.39 is 5.97 Å². The van der Waals surface area contributed by atoms with Gasteiger partial charge in [-0.05, 0) is 18.6 Å². The molecular formula is C9H8O4. The molecule has 0 saturated carbocycles. The molecule has 1 aromatic carbocycles. The summed E-state index contributed by atoms with van der Waals surface area (Å²) in [6, 6.07) is 2.74. The van der Waals surface area contributed by atoms with Gasteiger partial charge in [-0.25, -0.2) is 4.79 Å². The second-order valence-corrected chi connectivity index (χ2v) is 2.62. The van der Waals surface area contributed by atoms with Crippen molar-refractivity contribution in [2.45, 2.75) is 6.92 Å². The molecule has 0 heterocycles. The third-order valence-electron chi connectivity index (χ3n) is 1.77. The van der Waals surface area contributed by atoms with Crippen molar-refractivity contribution in [3.63, 3.8) is 0 Å². The highest BCUT2D eigenvalue weighted by molar-refractivity contribution is 5.99. The molecule has 0 bridgehead atoms. The van der Waals surface area contributed by atoms with E-state index in [2.05, 4.69) is 0 Å². The van der Waals surface area contributed by atoms with Crippen LogP contribution in [0, 0.1) is 6.92 Å². The minimum atomic E-state index is -1.22. The summed E-state index contributed by atoms with van der Waals surface area (Å²) in [6.07, 6.45) is 0.339. The molecule has 0 saturated heterocycles. The molecule has 0 amide bonds. The molecule has 4 heteroatoms. The van der Waals surface area contributed by atoms with E-state index in [1.54, 1.807) is 6.92 Å². The summed E-state index contributed by atoms with van der Waals surface area (Å²) in [6.45, 7) is 1.59. The average molecular weight is 180 g/mol. The van der Waals surface area contributed by atoms with Crippen LogP contribution >= 0.6 is 0 Å². The van der Waals surface area contributed by atoms with Gasteiger partial charge in [0.2, 0.25) is 0 Å². The topological polar surface area (TPSA) is 74.6 Å². The zero-order chi connectivity index (χ0) is 10.0. The van der Waals surface area contributed by atoms with Crippen LogP contribution in [-0.4, -0.2) is 22.5 Å². The predicted molar refractivity (Wildman–Crippen MR) is 45.2 cm³/mol. The van der Waals surface area contributed by atoms with E-state index in [-0.39, 0.29) is 16.9 Å². The van der Waals surface area contributed by atoms with Crippen LogP contribution in [0.2, 0.25) is 0 Å². The molecule has 0 unspecified atom stereocenters. The van der Waals surface area contributed by atoms with Crippen LogP contribution in [0.5, 0.6) is 5.75 Å². The van der Waals surface area contributed by atoms with Crippen LogP contribution in [0.1, 0.15) is 26.3 Å². The van der Waals surface area contributed by atoms with Gasteiger partial charge >= 0.3 is 5.97 Å². The fourth-order valence-corrected chi connectivity index (χ4v) is 1.02. The number of phenols is 1. The number of hydrogen-bond acceptors (Lipinski definition) is 3. The van der Waals surface area contributed by atoms with E-state index in [1.807, 2.05) is 0 Å². The molecule has 1 rings (SSSR count). The minimum Gasteiger partial charge on any atom is -0.507 e. The first-order valence-corrected chi connectivity index (χ1v) is 3.59. The summed E-state index contributed by atoms with van der Waals surface area (Å²) < 4.78 is 0. The van der Waals surface area contributed by atoms with Gasteiger partial charge in [0.25, 0.3) is 0 Å². The van der Waals surface area contributed by atoms with Crippen molar-refractivity contribution in [1.29, 1.82) is 0 Å². The Labute approximate surface area is 74.4 Å². The Morgan fingerprint density at radius 2 is 2.08 bits per heavy atom. The number of aromatic carboxylic acids is 1.